The number of fused-ring (bicyclic) bond motifs is 1. The van der Waals surface area contributed by atoms with Gasteiger partial charge in [0.15, 0.2) is 5.78 Å². The summed E-state index contributed by atoms with van der Waals surface area (Å²) in [4.78, 5) is 16.1. The third-order valence-corrected chi connectivity index (χ3v) is 7.07. The fourth-order valence-electron chi connectivity index (χ4n) is 5.09. The number of carbonyl (C=O) groups is 1. The van der Waals surface area contributed by atoms with Gasteiger partial charge in [-0.1, -0.05) is 42.5 Å². The molecule has 4 aromatic rings. The number of aromatic amines is 1. The van der Waals surface area contributed by atoms with Crippen molar-refractivity contribution < 1.29 is 27.1 Å². The van der Waals surface area contributed by atoms with Crippen LogP contribution in [0.1, 0.15) is 61.6 Å². The second kappa shape index (κ2) is 12.5. The number of unbranched alkanes of at least 4 members (excludes halogenated alkanes) is 2. The number of allylic oxidation sites excluding steroid dienone is 3. The van der Waals surface area contributed by atoms with Crippen LogP contribution in [0.15, 0.2) is 78.5 Å². The van der Waals surface area contributed by atoms with Crippen molar-refractivity contribution in [3.8, 4) is 5.88 Å². The molecule has 212 valence electrons. The summed E-state index contributed by atoms with van der Waals surface area (Å²) in [7, 11) is 0. The number of aromatic nitrogens is 3. The first-order valence-electron chi connectivity index (χ1n) is 13.6. The molecule has 0 radical (unpaired) electrons. The summed E-state index contributed by atoms with van der Waals surface area (Å²) in [5.74, 6) is -0.0588. The van der Waals surface area contributed by atoms with Crippen LogP contribution in [0, 0.1) is 5.95 Å². The molecule has 0 bridgehead atoms. The van der Waals surface area contributed by atoms with E-state index in [-0.39, 0.29) is 16.7 Å². The molecule has 1 aliphatic carbocycles. The lowest BCUT2D eigenvalue weighted by Crippen LogP contribution is -2.10. The zero-order valence-corrected chi connectivity index (χ0v) is 22.3. The van der Waals surface area contributed by atoms with Gasteiger partial charge in [0.05, 0.1) is 23.9 Å². The summed E-state index contributed by atoms with van der Waals surface area (Å²) in [5, 5.41) is 6.35. The number of pyridine rings is 1. The number of H-pyrrole nitrogens is 1. The van der Waals surface area contributed by atoms with Gasteiger partial charge in [0.1, 0.15) is 0 Å². The average Bonchev–Trinajstić information content (AvgIpc) is 3.55. The monoisotopic (exact) mass is 563 g/mol. The van der Waals surface area contributed by atoms with Crippen molar-refractivity contribution in [1.82, 2.24) is 15.2 Å². The third-order valence-electron chi connectivity index (χ3n) is 7.07. The summed E-state index contributed by atoms with van der Waals surface area (Å²) >= 11 is 0. The van der Waals surface area contributed by atoms with Gasteiger partial charge in [0, 0.05) is 24.2 Å². The van der Waals surface area contributed by atoms with E-state index in [9.17, 15) is 22.4 Å². The minimum absolute atomic E-state index is 0.0479. The van der Waals surface area contributed by atoms with E-state index in [1.807, 2.05) is 6.08 Å². The molecule has 41 heavy (non-hydrogen) atoms. The Morgan fingerprint density at radius 1 is 0.976 bits per heavy atom. The molecule has 0 spiro atoms. The molecule has 2 heterocycles. The predicted molar refractivity (Wildman–Crippen MR) is 150 cm³/mol. The van der Waals surface area contributed by atoms with Crippen LogP contribution in [-0.2, 0) is 4.79 Å². The zero-order valence-electron chi connectivity index (χ0n) is 22.3. The van der Waals surface area contributed by atoms with Crippen LogP contribution in [0.25, 0.3) is 22.0 Å². The summed E-state index contributed by atoms with van der Waals surface area (Å²) in [6.07, 6.45) is 2.73. The minimum Gasteiger partial charge on any atom is -0.478 e. The molecule has 1 saturated carbocycles. The molecule has 0 saturated heterocycles. The Morgan fingerprint density at radius 3 is 2.49 bits per heavy atom. The number of hydrogen-bond donors (Lipinski definition) is 1. The number of rotatable bonds is 10. The highest BCUT2D eigenvalue weighted by atomic mass is 19.4. The first-order valence-corrected chi connectivity index (χ1v) is 13.6. The number of carbonyl (C=O) groups excluding carboxylic acids is 1. The van der Waals surface area contributed by atoms with Gasteiger partial charge in [-0.15, -0.1) is 0 Å². The molecule has 5 nitrogen and oxygen atoms in total. The molecular formula is C32H29F4N3O2. The van der Waals surface area contributed by atoms with Gasteiger partial charge in [-0.2, -0.15) is 22.7 Å². The number of nitrogens with one attached hydrogen (secondary N) is 1. The summed E-state index contributed by atoms with van der Waals surface area (Å²) in [6, 6.07) is 16.4. The summed E-state index contributed by atoms with van der Waals surface area (Å²) < 4.78 is 61.8. The van der Waals surface area contributed by atoms with E-state index >= 15 is 0 Å². The van der Waals surface area contributed by atoms with Gasteiger partial charge in [-0.05, 0) is 78.1 Å². The highest BCUT2D eigenvalue weighted by Gasteiger charge is 2.31. The molecule has 0 atom stereocenters. The second-order valence-corrected chi connectivity index (χ2v) is 10.0. The van der Waals surface area contributed by atoms with Crippen molar-refractivity contribution in [2.75, 3.05) is 6.61 Å². The Balaban J connectivity index is 1.41. The van der Waals surface area contributed by atoms with Crippen molar-refractivity contribution in [2.45, 2.75) is 51.1 Å². The molecule has 0 unspecified atom stereocenters. The topological polar surface area (TPSA) is 67.9 Å². The summed E-state index contributed by atoms with van der Waals surface area (Å²) in [5.41, 5.74) is 2.90. The van der Waals surface area contributed by atoms with Gasteiger partial charge in [-0.3, -0.25) is 9.89 Å². The standard InChI is InChI=1S/C32H29F4N3O2/c33-31-25-18-23(13-15-27(25)38-39-31)30(26(19-32(34,35)36)21-8-3-1-4-9-21)24-14-16-29(37-20-24)41-17-6-2-5-10-22-11-7-12-28(22)40/h1,3-4,8-10,13-16,18,20H,2,5-7,11-12,17,19H2,(H,38,39)/b22-10+,30-26-. The Bertz CT molecular complexity index is 1570. The first-order chi connectivity index (χ1) is 19.8. The van der Waals surface area contributed by atoms with E-state index in [1.54, 1.807) is 54.6 Å². The summed E-state index contributed by atoms with van der Waals surface area (Å²) in [6.45, 7) is 0.423. The molecule has 1 aliphatic rings. The van der Waals surface area contributed by atoms with Gasteiger partial charge in [0.2, 0.25) is 11.8 Å². The highest BCUT2D eigenvalue weighted by Crippen LogP contribution is 2.40. The molecule has 1 fully saturated rings. The molecule has 9 heteroatoms. The SMILES string of the molecule is O=C1CCC/C1=C\CCCCOc1ccc(/C(=C(/CC(F)(F)F)c2ccccc2)c2ccc3n[nH]c(F)c3c2)cn1. The maximum atomic E-state index is 14.4. The lowest BCUT2D eigenvalue weighted by molar-refractivity contribution is -0.123. The first kappa shape index (κ1) is 28.3. The maximum absolute atomic E-state index is 14.4. The second-order valence-electron chi connectivity index (χ2n) is 10.0. The van der Waals surface area contributed by atoms with Gasteiger partial charge in [-0.25, -0.2) is 4.98 Å². The Hall–Kier alpha value is -4.27. The van der Waals surface area contributed by atoms with Gasteiger partial charge >= 0.3 is 6.18 Å². The van der Waals surface area contributed by atoms with Gasteiger partial charge < -0.3 is 4.74 Å². The fraction of sp³-hybridized carbons (Fsp3) is 0.281. The minimum atomic E-state index is -4.49. The molecule has 0 amide bonds. The van der Waals surface area contributed by atoms with E-state index in [1.165, 1.54) is 12.3 Å². The number of hydrogen-bond acceptors (Lipinski definition) is 4. The Morgan fingerprint density at radius 2 is 1.78 bits per heavy atom. The molecule has 5 rings (SSSR count). The lowest BCUT2D eigenvalue weighted by atomic mass is 9.88. The highest BCUT2D eigenvalue weighted by molar-refractivity contribution is 6.00. The van der Waals surface area contributed by atoms with Crippen LogP contribution < -0.4 is 4.74 Å². The lowest BCUT2D eigenvalue weighted by Gasteiger charge is -2.19. The number of ether oxygens (including phenoxy) is 1. The molecule has 0 aliphatic heterocycles. The average molecular weight is 564 g/mol. The number of benzene rings is 2. The van der Waals surface area contributed by atoms with Crippen molar-refractivity contribution in [1.29, 1.82) is 0 Å². The Kier molecular flexibility index (Phi) is 8.61. The normalized spacial score (nSPS) is 15.5. The van der Waals surface area contributed by atoms with Crippen LogP contribution in [0.5, 0.6) is 5.88 Å². The van der Waals surface area contributed by atoms with E-state index in [0.717, 1.165) is 37.7 Å². The molecule has 2 aromatic carbocycles. The van der Waals surface area contributed by atoms with Crippen molar-refractivity contribution in [2.24, 2.45) is 0 Å². The maximum Gasteiger partial charge on any atom is 0.393 e. The molecule has 1 N–H and O–H groups in total. The largest absolute Gasteiger partial charge is 0.478 e. The third kappa shape index (κ3) is 7.09. The van der Waals surface area contributed by atoms with Gasteiger partial charge in [0.25, 0.3) is 0 Å². The zero-order chi connectivity index (χ0) is 28.8. The number of ketones is 1. The van der Waals surface area contributed by atoms with Crippen molar-refractivity contribution in [3.63, 3.8) is 0 Å². The van der Waals surface area contributed by atoms with Crippen molar-refractivity contribution in [3.05, 3.63) is 101 Å². The van der Waals surface area contributed by atoms with E-state index in [4.69, 9.17) is 4.74 Å². The van der Waals surface area contributed by atoms with Crippen LogP contribution in [0.3, 0.4) is 0 Å². The molecular weight excluding hydrogens is 534 g/mol. The van der Waals surface area contributed by atoms with Crippen LogP contribution in [-0.4, -0.2) is 33.7 Å². The van der Waals surface area contributed by atoms with E-state index < -0.39 is 18.5 Å². The quantitative estimate of drug-likeness (QED) is 0.0913. The van der Waals surface area contributed by atoms with E-state index in [0.29, 0.717) is 46.7 Å². The Labute approximate surface area is 235 Å². The van der Waals surface area contributed by atoms with Crippen LogP contribution in [0.2, 0.25) is 0 Å². The van der Waals surface area contributed by atoms with Crippen LogP contribution in [0.4, 0.5) is 17.6 Å². The number of halogens is 4. The smallest absolute Gasteiger partial charge is 0.393 e. The predicted octanol–water partition coefficient (Wildman–Crippen LogP) is 8.24. The molecule has 2 aromatic heterocycles. The number of Topliss-reactive ketones (excluding diaryl/α,β-unsaturated/α-hetero) is 1. The number of alkyl halides is 3. The van der Waals surface area contributed by atoms with E-state index in [2.05, 4.69) is 15.2 Å². The number of nitrogens with zero attached hydrogens (tertiary/aromatic N) is 2. The fourth-order valence-corrected chi connectivity index (χ4v) is 5.09. The van der Waals surface area contributed by atoms with Crippen LogP contribution >= 0.6 is 0 Å². The van der Waals surface area contributed by atoms with Crippen molar-refractivity contribution >= 4 is 27.8 Å².